The standard InChI is InChI=1S/C25H36N4O4/c1-15-14-28(23(31)24(2,3)32)7-8-29(15)20-6-4-5-19(26-20)22(30)27-21-17-9-16-10-18(21)13-25(33,11-16)12-17/h4-6,15-18,21,32-33H,7-14H2,1-3H3,(H,27,30)/t15-,16?,17?,18?,21?,25?/m1/s1. The minimum Gasteiger partial charge on any atom is -0.390 e. The summed E-state index contributed by atoms with van der Waals surface area (Å²) in [5.41, 5.74) is -1.49. The van der Waals surface area contributed by atoms with Crippen LogP contribution in [0.3, 0.4) is 0 Å². The van der Waals surface area contributed by atoms with E-state index in [9.17, 15) is 19.8 Å². The van der Waals surface area contributed by atoms with Gasteiger partial charge in [0, 0.05) is 31.7 Å². The molecule has 1 aromatic heterocycles. The number of carbonyl (C=O) groups excluding carboxylic acids is 2. The number of anilines is 1. The van der Waals surface area contributed by atoms with Crippen molar-refractivity contribution in [3.05, 3.63) is 23.9 Å². The molecule has 6 rings (SSSR count). The van der Waals surface area contributed by atoms with Crippen LogP contribution < -0.4 is 10.2 Å². The molecule has 3 N–H and O–H groups in total. The first-order chi connectivity index (χ1) is 15.5. The average Bonchev–Trinajstić information content (AvgIpc) is 2.74. The minimum atomic E-state index is -1.38. The lowest BCUT2D eigenvalue weighted by Gasteiger charge is -2.58. The molecule has 1 saturated heterocycles. The van der Waals surface area contributed by atoms with E-state index in [4.69, 9.17) is 0 Å². The van der Waals surface area contributed by atoms with Crippen LogP contribution in [0.5, 0.6) is 0 Å². The lowest BCUT2D eigenvalue weighted by atomic mass is 9.52. The number of piperazine rings is 1. The van der Waals surface area contributed by atoms with Crippen molar-refractivity contribution in [2.75, 3.05) is 24.5 Å². The van der Waals surface area contributed by atoms with Gasteiger partial charge in [-0.25, -0.2) is 4.98 Å². The van der Waals surface area contributed by atoms with E-state index < -0.39 is 11.2 Å². The summed E-state index contributed by atoms with van der Waals surface area (Å²) in [6.07, 6.45) is 4.72. The Morgan fingerprint density at radius 3 is 2.45 bits per heavy atom. The molecule has 3 atom stereocenters. The summed E-state index contributed by atoms with van der Waals surface area (Å²) in [5.74, 6) is 1.63. The summed E-state index contributed by atoms with van der Waals surface area (Å²) >= 11 is 0. The van der Waals surface area contributed by atoms with Gasteiger partial charge in [0.2, 0.25) is 0 Å². The maximum Gasteiger partial charge on any atom is 0.270 e. The lowest BCUT2D eigenvalue weighted by Crippen LogP contribution is -2.61. The molecule has 8 nitrogen and oxygen atoms in total. The zero-order chi connectivity index (χ0) is 23.5. The third-order valence-corrected chi connectivity index (χ3v) is 8.24. The normalized spacial score (nSPS) is 35.6. The number of rotatable bonds is 4. The van der Waals surface area contributed by atoms with Crippen LogP contribution in [0.2, 0.25) is 0 Å². The molecule has 2 amide bonds. The molecule has 33 heavy (non-hydrogen) atoms. The van der Waals surface area contributed by atoms with Crippen LogP contribution in [0.25, 0.3) is 0 Å². The maximum absolute atomic E-state index is 13.1. The molecule has 0 radical (unpaired) electrons. The van der Waals surface area contributed by atoms with Crippen molar-refractivity contribution in [3.8, 4) is 0 Å². The molecular formula is C25H36N4O4. The molecule has 0 spiro atoms. The highest BCUT2D eigenvalue weighted by atomic mass is 16.3. The van der Waals surface area contributed by atoms with Gasteiger partial charge < -0.3 is 25.3 Å². The van der Waals surface area contributed by atoms with E-state index in [0.717, 1.165) is 37.9 Å². The van der Waals surface area contributed by atoms with E-state index in [-0.39, 0.29) is 23.9 Å². The fourth-order valence-corrected chi connectivity index (χ4v) is 7.02. The Morgan fingerprint density at radius 1 is 1.15 bits per heavy atom. The molecule has 1 aromatic rings. The number of nitrogens with one attached hydrogen (secondary N) is 1. The third kappa shape index (κ3) is 4.23. The Bertz CT molecular complexity index is 929. The molecule has 2 unspecified atom stereocenters. The first-order valence-corrected chi connectivity index (χ1v) is 12.3. The van der Waals surface area contributed by atoms with Gasteiger partial charge in [-0.05, 0) is 82.8 Å². The van der Waals surface area contributed by atoms with Gasteiger partial charge in [0.25, 0.3) is 11.8 Å². The van der Waals surface area contributed by atoms with E-state index in [2.05, 4.69) is 15.2 Å². The second-order valence-electron chi connectivity index (χ2n) is 11.4. The highest BCUT2D eigenvalue weighted by molar-refractivity contribution is 5.93. The van der Waals surface area contributed by atoms with Gasteiger partial charge in [-0.3, -0.25) is 9.59 Å². The molecule has 4 bridgehead atoms. The predicted octanol–water partition coefficient (Wildman–Crippen LogP) is 1.56. The third-order valence-electron chi connectivity index (χ3n) is 8.24. The number of pyridine rings is 1. The van der Waals surface area contributed by atoms with Gasteiger partial charge in [-0.2, -0.15) is 0 Å². The quantitative estimate of drug-likeness (QED) is 0.635. The molecule has 4 aliphatic carbocycles. The Hall–Kier alpha value is -2.19. The number of aromatic nitrogens is 1. The van der Waals surface area contributed by atoms with Crippen LogP contribution in [0, 0.1) is 17.8 Å². The van der Waals surface area contributed by atoms with Crippen LogP contribution in [0.4, 0.5) is 5.82 Å². The van der Waals surface area contributed by atoms with Crippen LogP contribution in [-0.2, 0) is 4.79 Å². The second kappa shape index (κ2) is 7.94. The fraction of sp³-hybridized carbons (Fsp3) is 0.720. The van der Waals surface area contributed by atoms with Gasteiger partial charge in [-0.15, -0.1) is 0 Å². The van der Waals surface area contributed by atoms with Crippen LogP contribution in [-0.4, -0.2) is 74.8 Å². The molecule has 5 aliphatic rings. The Balaban J connectivity index is 1.25. The molecule has 2 heterocycles. The molecule has 8 heteroatoms. The van der Waals surface area contributed by atoms with E-state index in [1.54, 1.807) is 11.0 Å². The number of hydrogen-bond donors (Lipinski definition) is 3. The average molecular weight is 457 g/mol. The lowest BCUT2D eigenvalue weighted by molar-refractivity contribution is -0.148. The zero-order valence-corrected chi connectivity index (χ0v) is 19.8. The molecule has 4 saturated carbocycles. The van der Waals surface area contributed by atoms with Crippen molar-refractivity contribution in [2.45, 2.75) is 76.2 Å². The Morgan fingerprint density at radius 2 is 1.85 bits per heavy atom. The smallest absolute Gasteiger partial charge is 0.270 e. The molecule has 180 valence electrons. The van der Waals surface area contributed by atoms with Gasteiger partial charge in [-0.1, -0.05) is 6.07 Å². The fourth-order valence-electron chi connectivity index (χ4n) is 7.02. The van der Waals surface area contributed by atoms with Crippen molar-refractivity contribution < 1.29 is 19.8 Å². The topological polar surface area (TPSA) is 106 Å². The number of carbonyl (C=O) groups is 2. The monoisotopic (exact) mass is 456 g/mol. The van der Waals surface area contributed by atoms with Gasteiger partial charge >= 0.3 is 0 Å². The summed E-state index contributed by atoms with van der Waals surface area (Å²) in [7, 11) is 0. The summed E-state index contributed by atoms with van der Waals surface area (Å²) in [5, 5.41) is 24.1. The summed E-state index contributed by atoms with van der Waals surface area (Å²) in [6.45, 7) is 6.64. The maximum atomic E-state index is 13.1. The number of nitrogens with zero attached hydrogens (tertiary/aromatic N) is 3. The van der Waals surface area contributed by atoms with Crippen molar-refractivity contribution in [1.29, 1.82) is 0 Å². The minimum absolute atomic E-state index is 0.0148. The predicted molar refractivity (Wildman–Crippen MR) is 124 cm³/mol. The summed E-state index contributed by atoms with van der Waals surface area (Å²) in [6, 6.07) is 5.65. The van der Waals surface area contributed by atoms with Gasteiger partial charge in [0.05, 0.1) is 5.60 Å². The summed E-state index contributed by atoms with van der Waals surface area (Å²) in [4.78, 5) is 34.1. The van der Waals surface area contributed by atoms with Crippen LogP contribution in [0.1, 0.15) is 63.4 Å². The molecular weight excluding hydrogens is 420 g/mol. The molecule has 1 aliphatic heterocycles. The van der Waals surface area contributed by atoms with Crippen molar-refractivity contribution in [1.82, 2.24) is 15.2 Å². The van der Waals surface area contributed by atoms with Gasteiger partial charge in [0.1, 0.15) is 17.1 Å². The SMILES string of the molecule is C[C@@H]1CN(C(=O)C(C)(C)O)CCN1c1cccc(C(=O)NC2C3CC4CC2CC(O)(C4)C3)n1. The molecule has 5 fully saturated rings. The zero-order valence-electron chi connectivity index (χ0n) is 19.8. The summed E-state index contributed by atoms with van der Waals surface area (Å²) < 4.78 is 0. The van der Waals surface area contributed by atoms with Crippen molar-refractivity contribution >= 4 is 17.6 Å². The number of aliphatic hydroxyl groups is 2. The van der Waals surface area contributed by atoms with E-state index >= 15 is 0 Å². The first kappa shape index (κ1) is 22.6. The largest absolute Gasteiger partial charge is 0.390 e. The van der Waals surface area contributed by atoms with Crippen LogP contribution >= 0.6 is 0 Å². The first-order valence-electron chi connectivity index (χ1n) is 12.3. The Labute approximate surface area is 195 Å². The second-order valence-corrected chi connectivity index (χ2v) is 11.4. The van der Waals surface area contributed by atoms with E-state index in [1.807, 2.05) is 19.1 Å². The Kier molecular flexibility index (Phi) is 5.44. The van der Waals surface area contributed by atoms with Gasteiger partial charge in [0.15, 0.2) is 0 Å². The van der Waals surface area contributed by atoms with E-state index in [1.165, 1.54) is 13.8 Å². The number of amides is 2. The van der Waals surface area contributed by atoms with Crippen LogP contribution in [0.15, 0.2) is 18.2 Å². The van der Waals surface area contributed by atoms with E-state index in [0.29, 0.717) is 43.1 Å². The highest BCUT2D eigenvalue weighted by Crippen LogP contribution is 2.55. The number of hydrogen-bond acceptors (Lipinski definition) is 6. The molecule has 0 aromatic carbocycles. The van der Waals surface area contributed by atoms with Crippen molar-refractivity contribution in [2.24, 2.45) is 17.8 Å². The van der Waals surface area contributed by atoms with Crippen molar-refractivity contribution in [3.63, 3.8) is 0 Å². The highest BCUT2D eigenvalue weighted by Gasteiger charge is 2.55.